The van der Waals surface area contributed by atoms with Gasteiger partial charge in [-0.3, -0.25) is 4.79 Å². The molecule has 0 aliphatic carbocycles. The highest BCUT2D eigenvalue weighted by atomic mass is 16.5. The van der Waals surface area contributed by atoms with Gasteiger partial charge in [0.05, 0.1) is 20.8 Å². The summed E-state index contributed by atoms with van der Waals surface area (Å²) in [7, 11) is 3.22. The molecule has 0 spiro atoms. The minimum atomic E-state index is -0.138. The fraction of sp³-hybridized carbons (Fsp3) is 0.278. The Morgan fingerprint density at radius 1 is 1.17 bits per heavy atom. The zero-order valence-corrected chi connectivity index (χ0v) is 13.2. The molecule has 2 aromatic rings. The molecule has 120 valence electrons. The van der Waals surface area contributed by atoms with E-state index in [0.29, 0.717) is 17.9 Å². The third-order valence-electron chi connectivity index (χ3n) is 3.83. The number of hydrogen-bond acceptors (Lipinski definition) is 4. The Hall–Kier alpha value is -2.69. The first-order valence-electron chi connectivity index (χ1n) is 7.45. The maximum absolute atomic E-state index is 12.2. The van der Waals surface area contributed by atoms with Crippen LogP contribution in [-0.2, 0) is 6.42 Å². The predicted molar refractivity (Wildman–Crippen MR) is 86.4 cm³/mol. The van der Waals surface area contributed by atoms with Crippen LogP contribution in [0.15, 0.2) is 42.5 Å². The standard InChI is InChI=1S/C18H19NO4/c1-21-14-5-3-4-12(8-14)18(20)19-11-16-10-13-9-15(22-2)6-7-17(13)23-16/h3-9,16H,10-11H2,1-2H3,(H,19,20)/t16-/m1/s1. The molecule has 0 saturated heterocycles. The van der Waals surface area contributed by atoms with Gasteiger partial charge in [-0.2, -0.15) is 0 Å². The normalized spacial score (nSPS) is 15.5. The zero-order valence-electron chi connectivity index (χ0n) is 13.2. The second-order valence-electron chi connectivity index (χ2n) is 5.36. The number of hydrogen-bond donors (Lipinski definition) is 1. The lowest BCUT2D eigenvalue weighted by atomic mass is 10.1. The van der Waals surface area contributed by atoms with Gasteiger partial charge in [-0.15, -0.1) is 0 Å². The highest BCUT2D eigenvalue weighted by molar-refractivity contribution is 5.94. The van der Waals surface area contributed by atoms with Gasteiger partial charge in [0.15, 0.2) is 0 Å². The SMILES string of the molecule is COc1cccc(C(=O)NC[C@H]2Cc3cc(OC)ccc3O2)c1. The Labute approximate surface area is 135 Å². The number of amides is 1. The molecule has 1 aliphatic heterocycles. The molecule has 1 N–H and O–H groups in total. The number of benzene rings is 2. The van der Waals surface area contributed by atoms with Gasteiger partial charge in [0.1, 0.15) is 23.4 Å². The molecule has 5 heteroatoms. The molecule has 0 radical (unpaired) electrons. The number of carbonyl (C=O) groups excluding carboxylic acids is 1. The largest absolute Gasteiger partial charge is 0.497 e. The second kappa shape index (κ2) is 6.60. The summed E-state index contributed by atoms with van der Waals surface area (Å²) >= 11 is 0. The van der Waals surface area contributed by atoms with E-state index in [-0.39, 0.29) is 12.0 Å². The molecular weight excluding hydrogens is 294 g/mol. The summed E-state index contributed by atoms with van der Waals surface area (Å²) < 4.78 is 16.2. The van der Waals surface area contributed by atoms with Gasteiger partial charge >= 0.3 is 0 Å². The van der Waals surface area contributed by atoms with Crippen molar-refractivity contribution >= 4 is 5.91 Å². The number of fused-ring (bicyclic) bond motifs is 1. The number of nitrogens with one attached hydrogen (secondary N) is 1. The van der Waals surface area contributed by atoms with Gasteiger partial charge in [-0.1, -0.05) is 6.07 Å². The lowest BCUT2D eigenvalue weighted by molar-refractivity contribution is 0.0933. The minimum Gasteiger partial charge on any atom is -0.497 e. The molecule has 1 amide bonds. The number of rotatable bonds is 5. The highest BCUT2D eigenvalue weighted by Crippen LogP contribution is 2.31. The molecule has 0 bridgehead atoms. The Bertz CT molecular complexity index is 714. The fourth-order valence-electron chi connectivity index (χ4n) is 2.61. The first-order chi connectivity index (χ1) is 11.2. The van der Waals surface area contributed by atoms with E-state index in [9.17, 15) is 4.79 Å². The summed E-state index contributed by atoms with van der Waals surface area (Å²) in [5.41, 5.74) is 1.67. The Morgan fingerprint density at radius 3 is 2.74 bits per heavy atom. The third kappa shape index (κ3) is 3.39. The monoisotopic (exact) mass is 313 g/mol. The summed E-state index contributed by atoms with van der Waals surface area (Å²) in [4.78, 5) is 12.2. The van der Waals surface area contributed by atoms with Crippen molar-refractivity contribution in [1.82, 2.24) is 5.32 Å². The lowest BCUT2D eigenvalue weighted by Gasteiger charge is -2.12. The van der Waals surface area contributed by atoms with Crippen LogP contribution in [0.3, 0.4) is 0 Å². The van der Waals surface area contributed by atoms with E-state index < -0.39 is 0 Å². The molecule has 1 heterocycles. The summed E-state index contributed by atoms with van der Waals surface area (Å²) in [5.74, 6) is 2.19. The van der Waals surface area contributed by atoms with Crippen LogP contribution in [0, 0.1) is 0 Å². The van der Waals surface area contributed by atoms with Gasteiger partial charge < -0.3 is 19.5 Å². The van der Waals surface area contributed by atoms with Crippen molar-refractivity contribution in [3.8, 4) is 17.2 Å². The van der Waals surface area contributed by atoms with Gasteiger partial charge in [0, 0.05) is 17.5 Å². The predicted octanol–water partition coefficient (Wildman–Crippen LogP) is 2.44. The summed E-state index contributed by atoms with van der Waals surface area (Å²) in [6.45, 7) is 0.451. The number of methoxy groups -OCH3 is 2. The Morgan fingerprint density at radius 2 is 1.96 bits per heavy atom. The van der Waals surface area contributed by atoms with Crippen molar-refractivity contribution in [3.63, 3.8) is 0 Å². The first kappa shape index (κ1) is 15.2. The fourth-order valence-corrected chi connectivity index (χ4v) is 2.61. The van der Waals surface area contributed by atoms with Gasteiger partial charge in [0.25, 0.3) is 5.91 Å². The molecule has 23 heavy (non-hydrogen) atoms. The molecule has 0 fully saturated rings. The van der Waals surface area contributed by atoms with Crippen LogP contribution in [0.2, 0.25) is 0 Å². The number of ether oxygens (including phenoxy) is 3. The van der Waals surface area contributed by atoms with Crippen molar-refractivity contribution in [2.24, 2.45) is 0 Å². The van der Waals surface area contributed by atoms with Crippen LogP contribution >= 0.6 is 0 Å². The molecule has 1 aliphatic rings. The van der Waals surface area contributed by atoms with E-state index in [2.05, 4.69) is 5.32 Å². The van der Waals surface area contributed by atoms with Crippen molar-refractivity contribution in [3.05, 3.63) is 53.6 Å². The first-order valence-corrected chi connectivity index (χ1v) is 7.45. The van der Waals surface area contributed by atoms with E-state index in [1.54, 1.807) is 38.5 Å². The van der Waals surface area contributed by atoms with Crippen molar-refractivity contribution in [2.75, 3.05) is 20.8 Å². The minimum absolute atomic E-state index is 0.0633. The second-order valence-corrected chi connectivity index (χ2v) is 5.36. The molecule has 1 atom stereocenters. The Balaban J connectivity index is 1.58. The smallest absolute Gasteiger partial charge is 0.251 e. The van der Waals surface area contributed by atoms with Crippen LogP contribution in [0.1, 0.15) is 15.9 Å². The van der Waals surface area contributed by atoms with Crippen LogP contribution in [-0.4, -0.2) is 32.8 Å². The lowest BCUT2D eigenvalue weighted by Crippen LogP contribution is -2.34. The molecule has 3 rings (SSSR count). The average Bonchev–Trinajstić information content (AvgIpc) is 3.01. The van der Waals surface area contributed by atoms with Crippen molar-refractivity contribution < 1.29 is 19.0 Å². The zero-order chi connectivity index (χ0) is 16.2. The Kier molecular flexibility index (Phi) is 4.37. The van der Waals surface area contributed by atoms with E-state index in [4.69, 9.17) is 14.2 Å². The topological polar surface area (TPSA) is 56.8 Å². The maximum atomic E-state index is 12.2. The van der Waals surface area contributed by atoms with Gasteiger partial charge in [-0.25, -0.2) is 0 Å². The quantitative estimate of drug-likeness (QED) is 0.921. The van der Waals surface area contributed by atoms with Gasteiger partial charge in [0.2, 0.25) is 0 Å². The molecular formula is C18H19NO4. The molecule has 0 aromatic heterocycles. The van der Waals surface area contributed by atoms with E-state index in [1.807, 2.05) is 18.2 Å². The maximum Gasteiger partial charge on any atom is 0.251 e. The summed E-state index contributed by atoms with van der Waals surface area (Å²) in [6, 6.07) is 12.8. The summed E-state index contributed by atoms with van der Waals surface area (Å²) in [6.07, 6.45) is 0.692. The highest BCUT2D eigenvalue weighted by Gasteiger charge is 2.23. The van der Waals surface area contributed by atoms with Crippen LogP contribution < -0.4 is 19.5 Å². The molecule has 2 aromatic carbocycles. The van der Waals surface area contributed by atoms with E-state index >= 15 is 0 Å². The third-order valence-corrected chi connectivity index (χ3v) is 3.83. The van der Waals surface area contributed by atoms with Crippen molar-refractivity contribution in [2.45, 2.75) is 12.5 Å². The molecule has 5 nitrogen and oxygen atoms in total. The van der Waals surface area contributed by atoms with E-state index in [0.717, 1.165) is 23.5 Å². The van der Waals surface area contributed by atoms with Crippen LogP contribution in [0.5, 0.6) is 17.2 Å². The molecule has 0 saturated carbocycles. The van der Waals surface area contributed by atoms with Crippen LogP contribution in [0.25, 0.3) is 0 Å². The average molecular weight is 313 g/mol. The summed E-state index contributed by atoms with van der Waals surface area (Å²) in [5, 5.41) is 2.90. The van der Waals surface area contributed by atoms with Crippen molar-refractivity contribution in [1.29, 1.82) is 0 Å². The van der Waals surface area contributed by atoms with Gasteiger partial charge in [-0.05, 0) is 36.4 Å². The van der Waals surface area contributed by atoms with E-state index in [1.165, 1.54) is 0 Å². The molecule has 0 unspecified atom stereocenters. The number of carbonyl (C=O) groups is 1. The van der Waals surface area contributed by atoms with Crippen LogP contribution in [0.4, 0.5) is 0 Å².